The molecule has 4 rings (SSSR count). The molecule has 6 N–H and O–H groups in total. The van der Waals surface area contributed by atoms with Crippen molar-refractivity contribution < 1.29 is 30.7 Å². The largest absolute Gasteiger partial charge is 0.411 e. The summed E-state index contributed by atoms with van der Waals surface area (Å²) in [5.41, 5.74) is -0.123. The third kappa shape index (κ3) is 3.97. The second-order valence-electron chi connectivity index (χ2n) is 12.8. The lowest BCUT2D eigenvalue weighted by molar-refractivity contribution is -0.134. The van der Waals surface area contributed by atoms with Gasteiger partial charge in [-0.25, -0.2) is 0 Å². The van der Waals surface area contributed by atoms with Crippen molar-refractivity contribution in [2.24, 2.45) is 33.7 Å². The maximum absolute atomic E-state index is 11.6. The Morgan fingerprint density at radius 1 is 1.12 bits per heavy atom. The van der Waals surface area contributed by atoms with E-state index in [0.29, 0.717) is 37.8 Å². The molecule has 4 aliphatic rings. The summed E-state index contributed by atoms with van der Waals surface area (Å²) in [6.07, 6.45) is 5.41. The Balaban J connectivity index is 1.65. The van der Waals surface area contributed by atoms with Crippen LogP contribution in [0.5, 0.6) is 0 Å². The van der Waals surface area contributed by atoms with Crippen LogP contribution in [-0.2, 0) is 0 Å². The Morgan fingerprint density at radius 2 is 1.79 bits per heavy atom. The van der Waals surface area contributed by atoms with Crippen molar-refractivity contribution in [2.45, 2.75) is 109 Å². The first-order valence-corrected chi connectivity index (χ1v) is 12.8. The minimum atomic E-state index is -1.33. The second-order valence-corrected chi connectivity index (χ2v) is 12.8. The van der Waals surface area contributed by atoms with E-state index in [1.54, 1.807) is 20.8 Å². The maximum atomic E-state index is 11.6. The van der Waals surface area contributed by atoms with Crippen LogP contribution < -0.4 is 0 Å². The predicted molar refractivity (Wildman–Crippen MR) is 129 cm³/mol. The Morgan fingerprint density at radius 3 is 2.41 bits per heavy atom. The van der Waals surface area contributed by atoms with E-state index in [1.807, 2.05) is 6.08 Å². The molecule has 7 heteroatoms. The first-order valence-electron chi connectivity index (χ1n) is 12.8. The number of oxime groups is 1. The molecule has 0 aliphatic heterocycles. The van der Waals surface area contributed by atoms with Crippen molar-refractivity contribution >= 4 is 5.71 Å². The molecule has 0 radical (unpaired) electrons. The van der Waals surface area contributed by atoms with Gasteiger partial charge in [-0.2, -0.15) is 0 Å². The molecule has 0 amide bonds. The van der Waals surface area contributed by atoms with Crippen LogP contribution in [0.2, 0.25) is 0 Å². The minimum Gasteiger partial charge on any atom is -0.411 e. The van der Waals surface area contributed by atoms with E-state index in [-0.39, 0.29) is 28.6 Å². The van der Waals surface area contributed by atoms with E-state index in [9.17, 15) is 30.7 Å². The quantitative estimate of drug-likeness (QED) is 0.266. The molecular formula is C27H43NO6. The molecule has 0 aromatic carbocycles. The predicted octanol–water partition coefficient (Wildman–Crippen LogP) is 2.92. The van der Waals surface area contributed by atoms with Crippen LogP contribution in [0.4, 0.5) is 0 Å². The lowest BCUT2D eigenvalue weighted by atomic mass is 9.47. The van der Waals surface area contributed by atoms with Crippen LogP contribution in [-0.4, -0.2) is 66.0 Å². The van der Waals surface area contributed by atoms with Gasteiger partial charge in [0.1, 0.15) is 0 Å². The normalized spacial score (nSPS) is 43.8. The fraction of sp³-hybridized carbons (Fsp3) is 0.815. The number of fused-ring (bicyclic) bond motifs is 5. The number of hydrogen-bond acceptors (Lipinski definition) is 7. The molecule has 2 saturated carbocycles. The molecular weight excluding hydrogens is 434 g/mol. The first kappa shape index (κ1) is 25.8. The van der Waals surface area contributed by atoms with Gasteiger partial charge in [-0.05, 0) is 99.7 Å². The highest BCUT2D eigenvalue weighted by molar-refractivity contribution is 5.99. The summed E-state index contributed by atoms with van der Waals surface area (Å²) in [6.45, 7) is 9.43. The lowest BCUT2D eigenvalue weighted by Gasteiger charge is -2.57. The van der Waals surface area contributed by atoms with Gasteiger partial charge >= 0.3 is 0 Å². The van der Waals surface area contributed by atoms with Crippen molar-refractivity contribution in [2.75, 3.05) is 0 Å². The van der Waals surface area contributed by atoms with Gasteiger partial charge in [0, 0.05) is 11.8 Å². The molecule has 0 bridgehead atoms. The molecule has 192 valence electrons. The number of rotatable bonds is 5. The van der Waals surface area contributed by atoms with E-state index < -0.39 is 29.5 Å². The fourth-order valence-electron chi connectivity index (χ4n) is 7.82. The van der Waals surface area contributed by atoms with E-state index >= 15 is 0 Å². The van der Waals surface area contributed by atoms with Gasteiger partial charge in [-0.15, -0.1) is 0 Å². The summed E-state index contributed by atoms with van der Waals surface area (Å²) in [7, 11) is 0. The van der Waals surface area contributed by atoms with Crippen LogP contribution in [0.15, 0.2) is 28.5 Å². The van der Waals surface area contributed by atoms with E-state index in [4.69, 9.17) is 0 Å². The van der Waals surface area contributed by atoms with Gasteiger partial charge in [-0.3, -0.25) is 0 Å². The molecule has 9 atom stereocenters. The zero-order valence-corrected chi connectivity index (χ0v) is 21.2. The lowest BCUT2D eigenvalue weighted by Crippen LogP contribution is -2.56. The highest BCUT2D eigenvalue weighted by atomic mass is 16.4. The average Bonchev–Trinajstić information content (AvgIpc) is 3.10. The Labute approximate surface area is 202 Å². The van der Waals surface area contributed by atoms with Gasteiger partial charge in [0.25, 0.3) is 0 Å². The van der Waals surface area contributed by atoms with Crippen LogP contribution in [0.1, 0.15) is 79.6 Å². The van der Waals surface area contributed by atoms with Crippen molar-refractivity contribution in [1.82, 2.24) is 0 Å². The highest BCUT2D eigenvalue weighted by Crippen LogP contribution is 2.65. The monoisotopic (exact) mass is 477 g/mol. The standard InChI is InChI=1S/C27H43NO6/c1-24(2,32)10-9-23(31)27(5,33)22-7-6-16-15-12-19(28-34)18-13-20(29)21(30)14-26(18,4)17(15)8-11-25(16,22)3/h6,12,17-18,20-23,29-34H,7-11,13-14H2,1-5H3/t17-,18-,20+,21-,22-,23+,25-,26+,27+/m0/s1. The molecule has 34 heavy (non-hydrogen) atoms. The SMILES string of the molecule is CC(C)(O)CC[C@@H](O)[C@](C)(O)[C@H]1CC=C2C3=CC(=NO)[C@@H]4C[C@@H](O)[C@@H](O)C[C@]4(C)[C@H]3CC[C@@]21C. The number of nitrogens with zero attached hydrogens (tertiary/aromatic N) is 1. The summed E-state index contributed by atoms with van der Waals surface area (Å²) >= 11 is 0. The van der Waals surface area contributed by atoms with Crippen LogP contribution in [0.3, 0.4) is 0 Å². The Bertz CT molecular complexity index is 901. The summed E-state index contributed by atoms with van der Waals surface area (Å²) < 4.78 is 0. The fourth-order valence-corrected chi connectivity index (χ4v) is 7.82. The topological polar surface area (TPSA) is 134 Å². The molecule has 0 heterocycles. The number of allylic oxidation sites excluding steroid dienone is 4. The van der Waals surface area contributed by atoms with Crippen molar-refractivity contribution in [3.8, 4) is 0 Å². The highest BCUT2D eigenvalue weighted by Gasteiger charge is 2.60. The van der Waals surface area contributed by atoms with Crippen molar-refractivity contribution in [1.29, 1.82) is 0 Å². The summed E-state index contributed by atoms with van der Waals surface area (Å²) in [6, 6.07) is 0. The van der Waals surface area contributed by atoms with Crippen LogP contribution >= 0.6 is 0 Å². The van der Waals surface area contributed by atoms with E-state index in [1.165, 1.54) is 0 Å². The molecule has 0 spiro atoms. The summed E-state index contributed by atoms with van der Waals surface area (Å²) in [5, 5.41) is 66.9. The van der Waals surface area contributed by atoms with E-state index in [2.05, 4.69) is 25.1 Å². The molecule has 4 aliphatic carbocycles. The molecule has 0 unspecified atom stereocenters. The van der Waals surface area contributed by atoms with Gasteiger partial charge < -0.3 is 30.7 Å². The second kappa shape index (κ2) is 8.41. The number of hydrogen-bond donors (Lipinski definition) is 6. The van der Waals surface area contributed by atoms with Crippen molar-refractivity contribution in [3.05, 3.63) is 23.3 Å². The Hall–Kier alpha value is -1.25. The molecule has 2 fully saturated rings. The zero-order chi connectivity index (χ0) is 25.3. The van der Waals surface area contributed by atoms with Gasteiger partial charge in [-0.1, -0.05) is 25.1 Å². The zero-order valence-electron chi connectivity index (χ0n) is 21.2. The van der Waals surface area contributed by atoms with E-state index in [0.717, 1.165) is 24.0 Å². The number of aliphatic hydroxyl groups is 5. The summed E-state index contributed by atoms with van der Waals surface area (Å²) in [4.78, 5) is 0. The van der Waals surface area contributed by atoms with Crippen molar-refractivity contribution in [3.63, 3.8) is 0 Å². The molecule has 0 aromatic rings. The third-order valence-corrected chi connectivity index (χ3v) is 9.93. The third-order valence-electron chi connectivity index (χ3n) is 9.93. The molecule has 0 aromatic heterocycles. The molecule has 7 nitrogen and oxygen atoms in total. The smallest absolute Gasteiger partial charge is 0.0916 e. The maximum Gasteiger partial charge on any atom is 0.0916 e. The van der Waals surface area contributed by atoms with Gasteiger partial charge in [0.05, 0.1) is 35.2 Å². The minimum absolute atomic E-state index is 0.126. The van der Waals surface area contributed by atoms with Crippen LogP contribution in [0, 0.1) is 28.6 Å². The molecule has 0 saturated heterocycles. The summed E-state index contributed by atoms with van der Waals surface area (Å²) in [5.74, 6) is -0.153. The van der Waals surface area contributed by atoms with Gasteiger partial charge in [0.15, 0.2) is 0 Å². The van der Waals surface area contributed by atoms with Crippen LogP contribution in [0.25, 0.3) is 0 Å². The first-order chi connectivity index (χ1) is 15.6. The number of aliphatic hydroxyl groups excluding tert-OH is 3. The van der Waals surface area contributed by atoms with Gasteiger partial charge in [0.2, 0.25) is 0 Å². The Kier molecular flexibility index (Phi) is 6.39. The average molecular weight is 478 g/mol.